The summed E-state index contributed by atoms with van der Waals surface area (Å²) in [6.45, 7) is 7.17. The molecule has 4 rings (SSSR count). The van der Waals surface area contributed by atoms with E-state index in [1.54, 1.807) is 11.1 Å². The molecule has 0 aromatic carbocycles. The molecule has 122 valence electrons. The highest BCUT2D eigenvalue weighted by Crippen LogP contribution is 2.62. The van der Waals surface area contributed by atoms with Gasteiger partial charge in [0.15, 0.2) is 5.78 Å². The van der Waals surface area contributed by atoms with E-state index in [0.717, 1.165) is 12.8 Å². The summed E-state index contributed by atoms with van der Waals surface area (Å²) in [7, 11) is 0. The third-order valence-electron chi connectivity index (χ3n) is 7.58. The minimum atomic E-state index is -0.419. The summed E-state index contributed by atoms with van der Waals surface area (Å²) < 4.78 is 0. The first-order valence-corrected chi connectivity index (χ1v) is 9.24. The lowest BCUT2D eigenvalue weighted by Gasteiger charge is -2.53. The summed E-state index contributed by atoms with van der Waals surface area (Å²) in [4.78, 5) is 12.1. The van der Waals surface area contributed by atoms with E-state index in [-0.39, 0.29) is 11.2 Å². The molecule has 0 bridgehead atoms. The topological polar surface area (TPSA) is 40.9 Å². The molecule has 1 fully saturated rings. The summed E-state index contributed by atoms with van der Waals surface area (Å²) in [6.07, 6.45) is 9.92. The van der Waals surface area contributed by atoms with Gasteiger partial charge < -0.3 is 0 Å². The second-order valence-electron chi connectivity index (χ2n) is 9.05. The molecule has 2 heteroatoms. The average molecular weight is 309 g/mol. The Morgan fingerprint density at radius 1 is 1.17 bits per heavy atom. The van der Waals surface area contributed by atoms with Crippen molar-refractivity contribution in [1.82, 2.24) is 0 Å². The Labute approximate surface area is 139 Å². The highest BCUT2D eigenvalue weighted by atomic mass is 16.1. The third-order valence-corrected chi connectivity index (χ3v) is 7.58. The lowest BCUT2D eigenvalue weighted by molar-refractivity contribution is -0.119. The van der Waals surface area contributed by atoms with E-state index in [1.165, 1.54) is 37.7 Å². The van der Waals surface area contributed by atoms with Crippen LogP contribution in [-0.4, -0.2) is 5.78 Å². The normalized spacial score (nSPS) is 41.6. The Hall–Kier alpha value is -1.36. The minimum absolute atomic E-state index is 0.0520. The molecular formula is C21H27NO. The van der Waals surface area contributed by atoms with Crippen LogP contribution in [-0.2, 0) is 4.79 Å². The highest BCUT2D eigenvalue weighted by molar-refractivity contribution is 5.95. The number of allylic oxidation sites excluding steroid dienone is 4. The largest absolute Gasteiger partial charge is 0.293 e. The number of fused-ring (bicyclic) bond motifs is 4. The molecule has 0 radical (unpaired) electrons. The van der Waals surface area contributed by atoms with Gasteiger partial charge in [0.2, 0.25) is 0 Å². The molecule has 4 atom stereocenters. The number of carbonyl (C=O) groups excluding carboxylic acids is 1. The monoisotopic (exact) mass is 309 g/mol. The fraction of sp³-hybridized carbons (Fsp3) is 0.714. The fourth-order valence-electron chi connectivity index (χ4n) is 6.23. The summed E-state index contributed by atoms with van der Waals surface area (Å²) >= 11 is 0. The van der Waals surface area contributed by atoms with Crippen LogP contribution in [0.3, 0.4) is 0 Å². The van der Waals surface area contributed by atoms with Crippen molar-refractivity contribution in [3.05, 3.63) is 22.8 Å². The quantitative estimate of drug-likeness (QED) is 0.593. The van der Waals surface area contributed by atoms with Crippen LogP contribution in [0.5, 0.6) is 0 Å². The third kappa shape index (κ3) is 2.02. The summed E-state index contributed by atoms with van der Waals surface area (Å²) in [5.41, 5.74) is 5.32. The van der Waals surface area contributed by atoms with Crippen LogP contribution in [0.15, 0.2) is 22.8 Å². The molecule has 0 N–H and O–H groups in total. The van der Waals surface area contributed by atoms with E-state index in [9.17, 15) is 10.1 Å². The molecule has 1 saturated carbocycles. The van der Waals surface area contributed by atoms with E-state index in [2.05, 4.69) is 26.8 Å². The smallest absolute Gasteiger partial charge is 0.172 e. The molecule has 0 aliphatic heterocycles. The van der Waals surface area contributed by atoms with Crippen molar-refractivity contribution in [3.8, 4) is 6.07 Å². The van der Waals surface area contributed by atoms with Gasteiger partial charge in [-0.1, -0.05) is 37.5 Å². The first kappa shape index (κ1) is 15.2. The zero-order valence-electron chi connectivity index (χ0n) is 14.6. The predicted molar refractivity (Wildman–Crippen MR) is 90.4 cm³/mol. The molecule has 4 aliphatic carbocycles. The van der Waals surface area contributed by atoms with Gasteiger partial charge in [-0.25, -0.2) is 0 Å². The summed E-state index contributed by atoms with van der Waals surface area (Å²) in [5.74, 6) is 0.975. The lowest BCUT2D eigenvalue weighted by atomic mass is 9.51. The number of carbonyl (C=O) groups is 1. The van der Waals surface area contributed by atoms with E-state index >= 15 is 0 Å². The van der Waals surface area contributed by atoms with Gasteiger partial charge in [-0.3, -0.25) is 4.79 Å². The molecule has 0 heterocycles. The van der Waals surface area contributed by atoms with Gasteiger partial charge in [0.25, 0.3) is 0 Å². The molecule has 23 heavy (non-hydrogen) atoms. The molecule has 2 nitrogen and oxygen atoms in total. The zero-order chi connectivity index (χ0) is 16.4. The van der Waals surface area contributed by atoms with Crippen LogP contribution in [0, 0.1) is 39.9 Å². The second-order valence-corrected chi connectivity index (χ2v) is 9.05. The standard InChI is InChI=1S/C21H27NO/c1-20(2)9-8-16-15-5-4-14-10-19(23)13(12-22)11-21(14,3)18(15)7-6-17(16)20/h10,13,15,18H,4-9,11H2,1-3H3/t13-,15-,18-,21-/m0/s1. The average Bonchev–Trinajstić information content (AvgIpc) is 2.83. The Bertz CT molecular complexity index is 674. The van der Waals surface area contributed by atoms with Gasteiger partial charge in [0, 0.05) is 0 Å². The van der Waals surface area contributed by atoms with E-state index in [1.807, 2.05) is 6.08 Å². The molecule has 0 spiro atoms. The first-order valence-electron chi connectivity index (χ1n) is 9.24. The highest BCUT2D eigenvalue weighted by Gasteiger charge is 2.53. The van der Waals surface area contributed by atoms with Crippen molar-refractivity contribution >= 4 is 5.78 Å². The molecular weight excluding hydrogens is 282 g/mol. The molecule has 0 amide bonds. The van der Waals surface area contributed by atoms with Gasteiger partial charge in [0.1, 0.15) is 5.92 Å². The fourth-order valence-corrected chi connectivity index (χ4v) is 6.23. The Morgan fingerprint density at radius 3 is 2.70 bits per heavy atom. The first-order chi connectivity index (χ1) is 10.9. The number of nitrogens with zero attached hydrogens (tertiary/aromatic N) is 1. The van der Waals surface area contributed by atoms with Gasteiger partial charge in [0.05, 0.1) is 6.07 Å². The maximum atomic E-state index is 12.1. The van der Waals surface area contributed by atoms with Crippen molar-refractivity contribution in [2.75, 3.05) is 0 Å². The minimum Gasteiger partial charge on any atom is -0.293 e. The summed E-state index contributed by atoms with van der Waals surface area (Å²) in [5, 5.41) is 9.37. The SMILES string of the molecule is CC1(C)CCC2=C1CC[C@H]1[C@H]2CCC2=CC(=O)[C@H](C#N)C[C@@]21C. The maximum absolute atomic E-state index is 12.1. The molecule has 0 aromatic heterocycles. The summed E-state index contributed by atoms with van der Waals surface area (Å²) in [6, 6.07) is 2.26. The molecule has 0 aromatic rings. The Balaban J connectivity index is 1.74. The van der Waals surface area contributed by atoms with E-state index in [4.69, 9.17) is 0 Å². The van der Waals surface area contributed by atoms with Crippen molar-refractivity contribution in [3.63, 3.8) is 0 Å². The predicted octanol–water partition coefficient (Wildman–Crippen LogP) is 4.97. The van der Waals surface area contributed by atoms with Crippen molar-refractivity contribution < 1.29 is 4.79 Å². The van der Waals surface area contributed by atoms with Crippen LogP contribution in [0.4, 0.5) is 0 Å². The van der Waals surface area contributed by atoms with Gasteiger partial charge in [-0.2, -0.15) is 5.26 Å². The molecule has 0 unspecified atom stereocenters. The maximum Gasteiger partial charge on any atom is 0.172 e. The van der Waals surface area contributed by atoms with Crippen LogP contribution in [0.2, 0.25) is 0 Å². The van der Waals surface area contributed by atoms with E-state index < -0.39 is 5.92 Å². The number of hydrogen-bond donors (Lipinski definition) is 0. The van der Waals surface area contributed by atoms with Crippen LogP contribution < -0.4 is 0 Å². The van der Waals surface area contributed by atoms with Gasteiger partial charge in [-0.05, 0) is 73.7 Å². The lowest BCUT2D eigenvalue weighted by Crippen LogP contribution is -2.45. The van der Waals surface area contributed by atoms with Crippen LogP contribution in [0.25, 0.3) is 0 Å². The van der Waals surface area contributed by atoms with Crippen LogP contribution >= 0.6 is 0 Å². The number of nitriles is 1. The Kier molecular flexibility index (Phi) is 3.18. The Morgan fingerprint density at radius 2 is 1.96 bits per heavy atom. The zero-order valence-corrected chi connectivity index (χ0v) is 14.6. The molecule has 4 aliphatic rings. The second kappa shape index (κ2) is 4.82. The van der Waals surface area contributed by atoms with Crippen molar-refractivity contribution in [2.24, 2.45) is 28.6 Å². The van der Waals surface area contributed by atoms with Crippen molar-refractivity contribution in [1.29, 1.82) is 5.26 Å². The number of hydrogen-bond acceptors (Lipinski definition) is 2. The van der Waals surface area contributed by atoms with Gasteiger partial charge >= 0.3 is 0 Å². The number of rotatable bonds is 0. The van der Waals surface area contributed by atoms with Crippen LogP contribution in [0.1, 0.15) is 65.7 Å². The van der Waals surface area contributed by atoms with Gasteiger partial charge in [-0.15, -0.1) is 0 Å². The molecule has 0 saturated heterocycles. The number of ketones is 1. The van der Waals surface area contributed by atoms with E-state index in [0.29, 0.717) is 17.3 Å². The van der Waals surface area contributed by atoms with Crippen molar-refractivity contribution in [2.45, 2.75) is 65.7 Å².